The van der Waals surface area contributed by atoms with Gasteiger partial charge in [-0.2, -0.15) is 0 Å². The Labute approximate surface area is 160 Å². The second-order valence-corrected chi connectivity index (χ2v) is 6.33. The van der Waals surface area contributed by atoms with Crippen molar-refractivity contribution in [3.63, 3.8) is 0 Å². The molecule has 0 aliphatic carbocycles. The number of esters is 1. The maximum Gasteiger partial charge on any atom is 0.338 e. The SMILES string of the molecule is COC(=O)C1=C(C)NC(c2ccc(Cl)cc2)=NC1c1cccc([N+](=O)[O-])c1. The Kier molecular flexibility index (Phi) is 5.23. The van der Waals surface area contributed by atoms with Crippen molar-refractivity contribution in [3.05, 3.63) is 86.1 Å². The van der Waals surface area contributed by atoms with Crippen LogP contribution in [0.4, 0.5) is 5.69 Å². The highest BCUT2D eigenvalue weighted by molar-refractivity contribution is 6.30. The Morgan fingerprint density at radius 1 is 1.26 bits per heavy atom. The Morgan fingerprint density at radius 3 is 2.59 bits per heavy atom. The number of amidine groups is 1. The molecular formula is C19H16ClN3O4. The molecule has 0 bridgehead atoms. The Balaban J connectivity index is 2.12. The maximum absolute atomic E-state index is 12.3. The first-order chi connectivity index (χ1) is 12.9. The van der Waals surface area contributed by atoms with Gasteiger partial charge in [0.05, 0.1) is 17.6 Å². The van der Waals surface area contributed by atoms with Crippen LogP contribution in [0.1, 0.15) is 24.1 Å². The van der Waals surface area contributed by atoms with Gasteiger partial charge in [-0.15, -0.1) is 0 Å². The van der Waals surface area contributed by atoms with Gasteiger partial charge in [0.1, 0.15) is 11.9 Å². The number of methoxy groups -OCH3 is 1. The van der Waals surface area contributed by atoms with E-state index < -0.39 is 16.9 Å². The van der Waals surface area contributed by atoms with Crippen LogP contribution in [0, 0.1) is 10.1 Å². The summed E-state index contributed by atoms with van der Waals surface area (Å²) in [7, 11) is 1.28. The van der Waals surface area contributed by atoms with Gasteiger partial charge in [-0.25, -0.2) is 4.79 Å². The number of nitro benzene ring substituents is 1. The lowest BCUT2D eigenvalue weighted by Gasteiger charge is -2.26. The monoisotopic (exact) mass is 385 g/mol. The van der Waals surface area contributed by atoms with Crippen molar-refractivity contribution in [2.45, 2.75) is 13.0 Å². The number of hydrogen-bond acceptors (Lipinski definition) is 6. The summed E-state index contributed by atoms with van der Waals surface area (Å²) in [6.07, 6.45) is 0. The van der Waals surface area contributed by atoms with E-state index in [0.717, 1.165) is 5.56 Å². The number of aliphatic imine (C=N–C) groups is 1. The summed E-state index contributed by atoms with van der Waals surface area (Å²) in [6.45, 7) is 1.74. The molecule has 7 nitrogen and oxygen atoms in total. The van der Waals surface area contributed by atoms with Crippen LogP contribution in [0.3, 0.4) is 0 Å². The van der Waals surface area contributed by atoms with Crippen LogP contribution < -0.4 is 5.32 Å². The van der Waals surface area contributed by atoms with Gasteiger partial charge in [0.25, 0.3) is 5.69 Å². The molecule has 138 valence electrons. The minimum Gasteiger partial charge on any atom is -0.466 e. The number of non-ortho nitro benzene ring substituents is 1. The van der Waals surface area contributed by atoms with Crippen LogP contribution in [0.5, 0.6) is 0 Å². The molecule has 1 N–H and O–H groups in total. The minimum absolute atomic E-state index is 0.0730. The molecule has 0 fully saturated rings. The lowest BCUT2D eigenvalue weighted by atomic mass is 9.95. The molecule has 0 spiro atoms. The van der Waals surface area contributed by atoms with Gasteiger partial charge in [-0.1, -0.05) is 23.7 Å². The molecule has 0 saturated heterocycles. The molecule has 0 aromatic heterocycles. The van der Waals surface area contributed by atoms with Gasteiger partial charge in [0.15, 0.2) is 0 Å². The molecule has 27 heavy (non-hydrogen) atoms. The smallest absolute Gasteiger partial charge is 0.338 e. The zero-order valence-corrected chi connectivity index (χ0v) is 15.4. The van der Waals surface area contributed by atoms with E-state index in [-0.39, 0.29) is 5.69 Å². The Morgan fingerprint density at radius 2 is 1.96 bits per heavy atom. The van der Waals surface area contributed by atoms with E-state index in [1.807, 2.05) is 0 Å². The number of benzene rings is 2. The van der Waals surface area contributed by atoms with Crippen molar-refractivity contribution in [2.75, 3.05) is 7.11 Å². The molecule has 1 aliphatic heterocycles. The Hall–Kier alpha value is -3.19. The topological polar surface area (TPSA) is 93.8 Å². The highest BCUT2D eigenvalue weighted by Gasteiger charge is 2.31. The summed E-state index contributed by atoms with van der Waals surface area (Å²) in [6, 6.07) is 12.4. The maximum atomic E-state index is 12.3. The molecule has 2 aromatic carbocycles. The minimum atomic E-state index is -0.732. The van der Waals surface area contributed by atoms with Gasteiger partial charge in [0.2, 0.25) is 0 Å². The number of carbonyl (C=O) groups is 1. The van der Waals surface area contributed by atoms with Gasteiger partial charge in [-0.05, 0) is 36.8 Å². The third-order valence-electron chi connectivity index (χ3n) is 4.16. The van der Waals surface area contributed by atoms with E-state index >= 15 is 0 Å². The fourth-order valence-electron chi connectivity index (χ4n) is 2.85. The molecule has 1 aliphatic rings. The van der Waals surface area contributed by atoms with E-state index in [9.17, 15) is 14.9 Å². The van der Waals surface area contributed by atoms with Gasteiger partial charge >= 0.3 is 5.97 Å². The lowest BCUT2D eigenvalue weighted by Crippen LogP contribution is -2.32. The number of rotatable bonds is 4. The first-order valence-electron chi connectivity index (χ1n) is 8.05. The molecule has 1 atom stereocenters. The number of allylic oxidation sites excluding steroid dienone is 1. The van der Waals surface area contributed by atoms with E-state index in [1.54, 1.807) is 43.3 Å². The van der Waals surface area contributed by atoms with E-state index in [0.29, 0.717) is 27.7 Å². The number of nitro groups is 1. The molecule has 3 rings (SSSR count). The van der Waals surface area contributed by atoms with Crippen LogP contribution in [0.2, 0.25) is 5.02 Å². The summed E-state index contributed by atoms with van der Waals surface area (Å²) >= 11 is 5.94. The molecule has 8 heteroatoms. The molecular weight excluding hydrogens is 370 g/mol. The van der Waals surface area contributed by atoms with E-state index in [2.05, 4.69) is 10.3 Å². The molecule has 0 amide bonds. The number of hydrogen-bond donors (Lipinski definition) is 1. The van der Waals surface area contributed by atoms with Gasteiger partial charge < -0.3 is 10.1 Å². The fourth-order valence-corrected chi connectivity index (χ4v) is 2.98. The standard InChI is InChI=1S/C19H16ClN3O4/c1-11-16(19(24)27-2)17(13-4-3-5-15(10-13)23(25)26)22-18(21-11)12-6-8-14(20)9-7-12/h3-10,17H,1-2H3,(H,21,22). The predicted octanol–water partition coefficient (Wildman–Crippen LogP) is 3.79. The van der Waals surface area contributed by atoms with Gasteiger partial charge in [-0.3, -0.25) is 15.1 Å². The first-order valence-corrected chi connectivity index (χ1v) is 8.42. The van der Waals surface area contributed by atoms with Crippen molar-refractivity contribution < 1.29 is 14.5 Å². The number of nitrogens with zero attached hydrogens (tertiary/aromatic N) is 2. The normalized spacial score (nSPS) is 16.4. The van der Waals surface area contributed by atoms with Crippen LogP contribution in [0.25, 0.3) is 0 Å². The second-order valence-electron chi connectivity index (χ2n) is 5.89. The summed E-state index contributed by atoms with van der Waals surface area (Å²) in [5.74, 6) is -0.0104. The summed E-state index contributed by atoms with van der Waals surface area (Å²) in [5.41, 5.74) is 2.10. The van der Waals surface area contributed by atoms with Crippen LogP contribution in [-0.2, 0) is 9.53 Å². The molecule has 0 radical (unpaired) electrons. The summed E-state index contributed by atoms with van der Waals surface area (Å²) in [4.78, 5) is 27.6. The third kappa shape index (κ3) is 3.83. The van der Waals surface area contributed by atoms with Crippen molar-refractivity contribution in [3.8, 4) is 0 Å². The van der Waals surface area contributed by atoms with E-state index in [4.69, 9.17) is 16.3 Å². The quantitative estimate of drug-likeness (QED) is 0.491. The Bertz CT molecular complexity index is 967. The van der Waals surface area contributed by atoms with Crippen LogP contribution in [-0.4, -0.2) is 23.8 Å². The van der Waals surface area contributed by atoms with Gasteiger partial charge in [0, 0.05) is 28.4 Å². The molecule has 1 unspecified atom stereocenters. The van der Waals surface area contributed by atoms with Crippen LogP contribution in [0.15, 0.2) is 64.8 Å². The second kappa shape index (κ2) is 7.59. The first kappa shape index (κ1) is 18.6. The van der Waals surface area contributed by atoms with Crippen molar-refractivity contribution in [2.24, 2.45) is 4.99 Å². The summed E-state index contributed by atoms with van der Waals surface area (Å²) in [5, 5.41) is 14.8. The number of ether oxygens (including phenoxy) is 1. The number of halogens is 1. The van der Waals surface area contributed by atoms with Crippen molar-refractivity contribution in [1.82, 2.24) is 5.32 Å². The molecule has 2 aromatic rings. The average Bonchev–Trinajstić information content (AvgIpc) is 2.67. The lowest BCUT2D eigenvalue weighted by molar-refractivity contribution is -0.384. The fraction of sp³-hybridized carbons (Fsp3) is 0.158. The molecule has 1 heterocycles. The number of carbonyl (C=O) groups excluding carboxylic acids is 1. The van der Waals surface area contributed by atoms with Crippen molar-refractivity contribution >= 4 is 29.1 Å². The summed E-state index contributed by atoms with van der Waals surface area (Å²) < 4.78 is 4.89. The highest BCUT2D eigenvalue weighted by Crippen LogP contribution is 2.33. The molecule has 0 saturated carbocycles. The highest BCUT2D eigenvalue weighted by atomic mass is 35.5. The average molecular weight is 386 g/mol. The predicted molar refractivity (Wildman–Crippen MR) is 102 cm³/mol. The largest absolute Gasteiger partial charge is 0.466 e. The van der Waals surface area contributed by atoms with E-state index in [1.165, 1.54) is 19.2 Å². The van der Waals surface area contributed by atoms with Crippen LogP contribution >= 0.6 is 11.6 Å². The zero-order valence-electron chi connectivity index (χ0n) is 14.6. The third-order valence-corrected chi connectivity index (χ3v) is 4.41. The van der Waals surface area contributed by atoms with Crippen molar-refractivity contribution in [1.29, 1.82) is 0 Å². The zero-order chi connectivity index (χ0) is 19.6. The number of nitrogens with one attached hydrogen (secondary N) is 1.